The number of hydrogen-bond acceptors (Lipinski definition) is 5. The van der Waals surface area contributed by atoms with Crippen LogP contribution >= 0.6 is 0 Å². The molecule has 0 radical (unpaired) electrons. The monoisotopic (exact) mass is 500 g/mol. The fourth-order valence-electron chi connectivity index (χ4n) is 3.49. The zero-order valence-corrected chi connectivity index (χ0v) is 20.8. The van der Waals surface area contributed by atoms with Crippen molar-refractivity contribution in [2.24, 2.45) is 0 Å². The third-order valence-corrected chi connectivity index (χ3v) is 7.17. The highest BCUT2D eigenvalue weighted by Crippen LogP contribution is 2.32. The molecule has 0 saturated carbocycles. The molecule has 186 valence electrons. The smallest absolute Gasteiger partial charge is 0.264 e. The highest BCUT2D eigenvalue weighted by atomic mass is 32.2. The molecule has 3 aromatic rings. The largest absolute Gasteiger partial charge is 0.493 e. The molecule has 0 aliphatic heterocycles. The number of carbonyl (C=O) groups excluding carboxylic acids is 1. The first kappa shape index (κ1) is 26.0. The highest BCUT2D eigenvalue weighted by molar-refractivity contribution is 7.92. The predicted octanol–water partition coefficient (Wildman–Crippen LogP) is 5.02. The number of carbonyl (C=O) groups is 1. The van der Waals surface area contributed by atoms with Gasteiger partial charge in [0.15, 0.2) is 11.5 Å². The molecule has 1 amide bonds. The summed E-state index contributed by atoms with van der Waals surface area (Å²) >= 11 is 0. The van der Waals surface area contributed by atoms with Gasteiger partial charge in [0.05, 0.1) is 24.8 Å². The average molecular weight is 501 g/mol. The molecule has 0 atom stereocenters. The summed E-state index contributed by atoms with van der Waals surface area (Å²) in [5.74, 6) is -0.482. The van der Waals surface area contributed by atoms with Gasteiger partial charge in [-0.05, 0) is 66.9 Å². The molecule has 1 N–H and O–H groups in total. The van der Waals surface area contributed by atoms with E-state index >= 15 is 0 Å². The quantitative estimate of drug-likeness (QED) is 0.400. The van der Waals surface area contributed by atoms with Crippen molar-refractivity contribution < 1.29 is 27.1 Å². The molecule has 7 nitrogen and oxygen atoms in total. The summed E-state index contributed by atoms with van der Waals surface area (Å²) in [6.07, 6.45) is 3.12. The van der Waals surface area contributed by atoms with Gasteiger partial charge in [-0.15, -0.1) is 0 Å². The number of ether oxygens (including phenoxy) is 2. The van der Waals surface area contributed by atoms with Gasteiger partial charge in [0.1, 0.15) is 12.4 Å². The summed E-state index contributed by atoms with van der Waals surface area (Å²) in [5.41, 5.74) is 1.86. The normalized spacial score (nSPS) is 11.1. The zero-order chi connectivity index (χ0) is 25.4. The molecule has 0 aliphatic carbocycles. The van der Waals surface area contributed by atoms with Crippen LogP contribution in [0.5, 0.6) is 11.5 Å². The number of methoxy groups -OCH3 is 2. The lowest BCUT2D eigenvalue weighted by Crippen LogP contribution is -2.38. The summed E-state index contributed by atoms with van der Waals surface area (Å²) in [6.45, 7) is 1.61. The number of unbranched alkanes of at least 4 members (excludes halogenated alkanes) is 1. The SMILES string of the molecule is CCCCc1ccc(NC(=O)CN(c2ccc(F)cc2)S(=O)(=O)c2ccc(OC)c(OC)c2)cc1. The van der Waals surface area contributed by atoms with Gasteiger partial charge < -0.3 is 14.8 Å². The van der Waals surface area contributed by atoms with E-state index in [1.807, 2.05) is 12.1 Å². The van der Waals surface area contributed by atoms with E-state index in [0.717, 1.165) is 41.3 Å². The Bertz CT molecular complexity index is 1250. The van der Waals surface area contributed by atoms with Crippen LogP contribution in [0.4, 0.5) is 15.8 Å². The van der Waals surface area contributed by atoms with Crippen LogP contribution in [-0.4, -0.2) is 35.1 Å². The van der Waals surface area contributed by atoms with Crippen LogP contribution in [0.2, 0.25) is 0 Å². The Morgan fingerprint density at radius 3 is 2.20 bits per heavy atom. The number of nitrogens with zero attached hydrogens (tertiary/aromatic N) is 1. The Morgan fingerprint density at radius 2 is 1.60 bits per heavy atom. The summed E-state index contributed by atoms with van der Waals surface area (Å²) in [5, 5.41) is 2.74. The number of amides is 1. The molecule has 3 rings (SSSR count). The number of aryl methyl sites for hydroxylation is 1. The molecule has 0 fully saturated rings. The van der Waals surface area contributed by atoms with Crippen LogP contribution in [0.3, 0.4) is 0 Å². The second-order valence-corrected chi connectivity index (χ2v) is 9.72. The van der Waals surface area contributed by atoms with E-state index < -0.39 is 28.3 Å². The standard InChI is InChI=1S/C26H29FN2O5S/c1-4-5-6-19-7-11-21(12-8-19)28-26(30)18-29(22-13-9-20(27)10-14-22)35(31,32)23-15-16-24(33-2)25(17-23)34-3/h7-17H,4-6,18H2,1-3H3,(H,28,30). The van der Waals surface area contributed by atoms with Crippen LogP contribution < -0.4 is 19.1 Å². The van der Waals surface area contributed by atoms with Crippen LogP contribution in [0.25, 0.3) is 0 Å². The van der Waals surface area contributed by atoms with Crippen LogP contribution in [0, 0.1) is 5.82 Å². The molecule has 0 bridgehead atoms. The van der Waals surface area contributed by atoms with Gasteiger partial charge in [0.25, 0.3) is 10.0 Å². The number of hydrogen-bond donors (Lipinski definition) is 1. The van der Waals surface area contributed by atoms with Gasteiger partial charge in [-0.3, -0.25) is 9.10 Å². The molecule has 0 aromatic heterocycles. The van der Waals surface area contributed by atoms with E-state index in [9.17, 15) is 17.6 Å². The van der Waals surface area contributed by atoms with Crippen molar-refractivity contribution in [3.05, 3.63) is 78.1 Å². The molecule has 0 aliphatic rings. The summed E-state index contributed by atoms with van der Waals surface area (Å²) in [6, 6.07) is 16.5. The lowest BCUT2D eigenvalue weighted by molar-refractivity contribution is -0.114. The molecule has 9 heteroatoms. The first-order valence-electron chi connectivity index (χ1n) is 11.2. The maximum absolute atomic E-state index is 13.6. The molecule has 3 aromatic carbocycles. The van der Waals surface area contributed by atoms with Gasteiger partial charge in [-0.1, -0.05) is 25.5 Å². The van der Waals surface area contributed by atoms with Crippen molar-refractivity contribution in [1.82, 2.24) is 0 Å². The Hall–Kier alpha value is -3.59. The van der Waals surface area contributed by atoms with Gasteiger partial charge in [0.2, 0.25) is 5.91 Å². The first-order valence-corrected chi connectivity index (χ1v) is 12.6. The van der Waals surface area contributed by atoms with Gasteiger partial charge in [0, 0.05) is 11.8 Å². The second-order valence-electron chi connectivity index (χ2n) is 7.85. The molecule has 0 unspecified atom stereocenters. The second kappa shape index (κ2) is 11.7. The Morgan fingerprint density at radius 1 is 0.943 bits per heavy atom. The minimum absolute atomic E-state index is 0.104. The predicted molar refractivity (Wildman–Crippen MR) is 134 cm³/mol. The Kier molecular flexibility index (Phi) is 8.70. The third-order valence-electron chi connectivity index (χ3n) is 5.40. The van der Waals surface area contributed by atoms with Crippen molar-refractivity contribution in [2.45, 2.75) is 31.1 Å². The van der Waals surface area contributed by atoms with Gasteiger partial charge in [-0.25, -0.2) is 12.8 Å². The lowest BCUT2D eigenvalue weighted by atomic mass is 10.1. The summed E-state index contributed by atoms with van der Waals surface area (Å²) in [4.78, 5) is 12.8. The Labute approximate surface area is 205 Å². The lowest BCUT2D eigenvalue weighted by Gasteiger charge is -2.24. The molecular formula is C26H29FN2O5S. The summed E-state index contributed by atoms with van der Waals surface area (Å²) < 4.78 is 52.0. The fraction of sp³-hybridized carbons (Fsp3) is 0.269. The van der Waals surface area contributed by atoms with Crippen molar-refractivity contribution >= 4 is 27.3 Å². The maximum atomic E-state index is 13.6. The van der Waals surface area contributed by atoms with E-state index in [2.05, 4.69) is 12.2 Å². The highest BCUT2D eigenvalue weighted by Gasteiger charge is 2.28. The number of halogens is 1. The average Bonchev–Trinajstić information content (AvgIpc) is 2.87. The zero-order valence-electron chi connectivity index (χ0n) is 20.0. The van der Waals surface area contributed by atoms with Crippen LogP contribution in [0.1, 0.15) is 25.3 Å². The minimum atomic E-state index is -4.21. The molecular weight excluding hydrogens is 471 g/mol. The van der Waals surface area contributed by atoms with E-state index in [1.165, 1.54) is 44.6 Å². The molecule has 35 heavy (non-hydrogen) atoms. The number of benzene rings is 3. The molecule has 0 heterocycles. The minimum Gasteiger partial charge on any atom is -0.493 e. The van der Waals surface area contributed by atoms with Crippen molar-refractivity contribution in [1.29, 1.82) is 0 Å². The van der Waals surface area contributed by atoms with E-state index in [1.54, 1.807) is 12.1 Å². The van der Waals surface area contributed by atoms with E-state index in [-0.39, 0.29) is 16.3 Å². The van der Waals surface area contributed by atoms with Crippen LogP contribution in [0.15, 0.2) is 71.6 Å². The number of nitrogens with one attached hydrogen (secondary N) is 1. The van der Waals surface area contributed by atoms with E-state index in [4.69, 9.17) is 9.47 Å². The molecule has 0 saturated heterocycles. The first-order chi connectivity index (χ1) is 16.8. The van der Waals surface area contributed by atoms with Crippen molar-refractivity contribution in [2.75, 3.05) is 30.4 Å². The topological polar surface area (TPSA) is 84.9 Å². The number of rotatable bonds is 11. The molecule has 0 spiro atoms. The summed E-state index contributed by atoms with van der Waals surface area (Å²) in [7, 11) is -1.38. The van der Waals surface area contributed by atoms with Gasteiger partial charge in [-0.2, -0.15) is 0 Å². The number of sulfonamides is 1. The Balaban J connectivity index is 1.89. The number of anilines is 2. The van der Waals surface area contributed by atoms with Crippen LogP contribution in [-0.2, 0) is 21.2 Å². The third kappa shape index (κ3) is 6.51. The maximum Gasteiger partial charge on any atom is 0.264 e. The van der Waals surface area contributed by atoms with Gasteiger partial charge >= 0.3 is 0 Å². The van der Waals surface area contributed by atoms with Crippen molar-refractivity contribution in [3.8, 4) is 11.5 Å². The van der Waals surface area contributed by atoms with Crippen molar-refractivity contribution in [3.63, 3.8) is 0 Å². The fourth-order valence-corrected chi connectivity index (χ4v) is 4.93. The van der Waals surface area contributed by atoms with E-state index in [0.29, 0.717) is 11.4 Å².